The van der Waals surface area contributed by atoms with Gasteiger partial charge in [-0.1, -0.05) is 0 Å². The number of rotatable bonds is 5. The molecule has 0 aliphatic rings. The zero-order valence-corrected chi connectivity index (χ0v) is 10.8. The number of benzene rings is 1. The summed E-state index contributed by atoms with van der Waals surface area (Å²) in [4.78, 5) is 19.7. The molecule has 0 saturated heterocycles. The van der Waals surface area contributed by atoms with Crippen LogP contribution in [0.25, 0.3) is 0 Å². The smallest absolute Gasteiger partial charge is 0.159 e. The van der Waals surface area contributed by atoms with Crippen molar-refractivity contribution in [2.75, 3.05) is 11.9 Å². The van der Waals surface area contributed by atoms with Gasteiger partial charge in [-0.2, -0.15) is 0 Å². The Morgan fingerprint density at radius 3 is 2.63 bits per heavy atom. The fourth-order valence-electron chi connectivity index (χ4n) is 1.65. The lowest BCUT2D eigenvalue weighted by Crippen LogP contribution is -2.07. The molecule has 1 heterocycles. The van der Waals surface area contributed by atoms with Crippen LogP contribution in [0, 0.1) is 0 Å². The summed E-state index contributed by atoms with van der Waals surface area (Å²) in [6.45, 7) is 2.07. The standard InChI is InChI=1S/C14H16N4O/c1-10(19)11-2-4-12(5-3-11)17-14-7-9-16-13(18-14)6-8-15/h2-5,7,9H,6,8,15H2,1H3,(H,16,17,18). The van der Waals surface area contributed by atoms with E-state index in [9.17, 15) is 4.79 Å². The first-order chi connectivity index (χ1) is 9.19. The lowest BCUT2D eigenvalue weighted by Gasteiger charge is -2.07. The Bertz CT molecular complexity index is 566. The highest BCUT2D eigenvalue weighted by Gasteiger charge is 2.01. The molecule has 0 unspecified atom stereocenters. The third-order valence-electron chi connectivity index (χ3n) is 2.64. The SMILES string of the molecule is CC(=O)c1ccc(Nc2ccnc(CCN)n2)cc1. The average Bonchev–Trinajstić information content (AvgIpc) is 2.40. The van der Waals surface area contributed by atoms with Crippen LogP contribution in [0.2, 0.25) is 0 Å². The topological polar surface area (TPSA) is 80.9 Å². The van der Waals surface area contributed by atoms with Crippen LogP contribution in [0.1, 0.15) is 23.1 Å². The maximum absolute atomic E-state index is 11.2. The number of hydrogen-bond donors (Lipinski definition) is 2. The first-order valence-electron chi connectivity index (χ1n) is 6.09. The molecule has 2 rings (SSSR count). The van der Waals surface area contributed by atoms with Crippen molar-refractivity contribution < 1.29 is 4.79 Å². The van der Waals surface area contributed by atoms with Gasteiger partial charge in [-0.15, -0.1) is 0 Å². The number of anilines is 2. The molecule has 0 bridgehead atoms. The molecule has 0 aliphatic carbocycles. The Hall–Kier alpha value is -2.27. The number of nitrogens with zero attached hydrogens (tertiary/aromatic N) is 2. The number of hydrogen-bond acceptors (Lipinski definition) is 5. The minimum atomic E-state index is 0.0545. The Labute approximate surface area is 111 Å². The molecule has 0 fully saturated rings. The third kappa shape index (κ3) is 3.59. The molecule has 0 amide bonds. The average molecular weight is 256 g/mol. The van der Waals surface area contributed by atoms with E-state index in [4.69, 9.17) is 5.73 Å². The Kier molecular flexibility index (Phi) is 4.20. The lowest BCUT2D eigenvalue weighted by molar-refractivity contribution is 0.101. The maximum atomic E-state index is 11.2. The van der Waals surface area contributed by atoms with E-state index in [0.717, 1.165) is 5.69 Å². The largest absolute Gasteiger partial charge is 0.340 e. The predicted molar refractivity (Wildman–Crippen MR) is 74.5 cm³/mol. The van der Waals surface area contributed by atoms with Gasteiger partial charge in [0.05, 0.1) is 0 Å². The second kappa shape index (κ2) is 6.06. The van der Waals surface area contributed by atoms with Crippen molar-refractivity contribution in [2.24, 2.45) is 5.73 Å². The van der Waals surface area contributed by atoms with Crippen molar-refractivity contribution in [2.45, 2.75) is 13.3 Å². The van der Waals surface area contributed by atoms with Gasteiger partial charge in [0.15, 0.2) is 5.78 Å². The van der Waals surface area contributed by atoms with E-state index >= 15 is 0 Å². The second-order valence-corrected chi connectivity index (χ2v) is 4.16. The fraction of sp³-hybridized carbons (Fsp3) is 0.214. The molecule has 0 radical (unpaired) electrons. The van der Waals surface area contributed by atoms with Gasteiger partial charge in [0.2, 0.25) is 0 Å². The molecule has 1 aromatic heterocycles. The molecule has 1 aromatic carbocycles. The highest BCUT2D eigenvalue weighted by Crippen LogP contribution is 2.15. The monoisotopic (exact) mass is 256 g/mol. The summed E-state index contributed by atoms with van der Waals surface area (Å²) in [7, 11) is 0. The van der Waals surface area contributed by atoms with Gasteiger partial charge in [-0.25, -0.2) is 9.97 Å². The third-order valence-corrected chi connectivity index (χ3v) is 2.64. The Morgan fingerprint density at radius 1 is 1.26 bits per heavy atom. The minimum absolute atomic E-state index is 0.0545. The van der Waals surface area contributed by atoms with Gasteiger partial charge < -0.3 is 11.1 Å². The van der Waals surface area contributed by atoms with Crippen LogP contribution in [0.5, 0.6) is 0 Å². The molecule has 19 heavy (non-hydrogen) atoms. The number of carbonyl (C=O) groups is 1. The second-order valence-electron chi connectivity index (χ2n) is 4.16. The van der Waals surface area contributed by atoms with Crippen molar-refractivity contribution in [1.29, 1.82) is 0 Å². The molecule has 0 saturated carbocycles. The fourth-order valence-corrected chi connectivity index (χ4v) is 1.65. The van der Waals surface area contributed by atoms with E-state index in [2.05, 4.69) is 15.3 Å². The molecule has 98 valence electrons. The number of carbonyl (C=O) groups excluding carboxylic acids is 1. The summed E-state index contributed by atoms with van der Waals surface area (Å²) in [5.41, 5.74) is 7.04. The quantitative estimate of drug-likeness (QED) is 0.799. The molecule has 0 aliphatic heterocycles. The number of Topliss-reactive ketones (excluding diaryl/α,β-unsaturated/α-hetero) is 1. The molecule has 3 N–H and O–H groups in total. The molecular formula is C14H16N4O. The van der Waals surface area contributed by atoms with Crippen molar-refractivity contribution in [3.05, 3.63) is 47.9 Å². The molecule has 5 nitrogen and oxygen atoms in total. The van der Waals surface area contributed by atoms with Gasteiger partial charge in [-0.3, -0.25) is 4.79 Å². The minimum Gasteiger partial charge on any atom is -0.340 e. The molecular weight excluding hydrogens is 240 g/mol. The van der Waals surface area contributed by atoms with Crippen LogP contribution in [0.3, 0.4) is 0 Å². The van der Waals surface area contributed by atoms with Crippen molar-refractivity contribution >= 4 is 17.3 Å². The molecule has 0 spiro atoms. The van der Waals surface area contributed by atoms with E-state index in [1.807, 2.05) is 12.1 Å². The van der Waals surface area contributed by atoms with E-state index in [1.165, 1.54) is 0 Å². The summed E-state index contributed by atoms with van der Waals surface area (Å²) in [5, 5.41) is 3.17. The van der Waals surface area contributed by atoms with Gasteiger partial charge in [0.25, 0.3) is 0 Å². The Balaban J connectivity index is 2.12. The zero-order chi connectivity index (χ0) is 13.7. The highest BCUT2D eigenvalue weighted by atomic mass is 16.1. The van der Waals surface area contributed by atoms with Crippen LogP contribution < -0.4 is 11.1 Å². The molecule has 5 heteroatoms. The summed E-state index contributed by atoms with van der Waals surface area (Å²) in [6.07, 6.45) is 2.35. The lowest BCUT2D eigenvalue weighted by atomic mass is 10.1. The maximum Gasteiger partial charge on any atom is 0.159 e. The Morgan fingerprint density at radius 2 is 2.00 bits per heavy atom. The van der Waals surface area contributed by atoms with Crippen molar-refractivity contribution in [1.82, 2.24) is 9.97 Å². The highest BCUT2D eigenvalue weighted by molar-refractivity contribution is 5.94. The molecule has 2 aromatic rings. The van der Waals surface area contributed by atoms with Crippen molar-refractivity contribution in [3.63, 3.8) is 0 Å². The number of aromatic nitrogens is 2. The van der Waals surface area contributed by atoms with E-state index in [-0.39, 0.29) is 5.78 Å². The van der Waals surface area contributed by atoms with E-state index in [0.29, 0.717) is 30.2 Å². The number of nitrogens with two attached hydrogens (primary N) is 1. The first-order valence-corrected chi connectivity index (χ1v) is 6.09. The first kappa shape index (κ1) is 13.2. The summed E-state index contributed by atoms with van der Waals surface area (Å²) >= 11 is 0. The zero-order valence-electron chi connectivity index (χ0n) is 10.8. The number of nitrogens with one attached hydrogen (secondary N) is 1. The van der Waals surface area contributed by atoms with E-state index in [1.54, 1.807) is 31.3 Å². The van der Waals surface area contributed by atoms with Gasteiger partial charge in [0, 0.05) is 23.9 Å². The van der Waals surface area contributed by atoms with E-state index < -0.39 is 0 Å². The predicted octanol–water partition coefficient (Wildman–Crippen LogP) is 1.92. The van der Waals surface area contributed by atoms with Gasteiger partial charge in [0.1, 0.15) is 11.6 Å². The normalized spacial score (nSPS) is 10.2. The van der Waals surface area contributed by atoms with Crippen LogP contribution in [0.15, 0.2) is 36.5 Å². The van der Waals surface area contributed by atoms with Gasteiger partial charge in [-0.05, 0) is 43.8 Å². The van der Waals surface area contributed by atoms with Crippen LogP contribution in [-0.2, 0) is 6.42 Å². The van der Waals surface area contributed by atoms with Crippen LogP contribution in [0.4, 0.5) is 11.5 Å². The molecule has 0 atom stereocenters. The van der Waals surface area contributed by atoms with Crippen LogP contribution in [-0.4, -0.2) is 22.3 Å². The number of ketones is 1. The van der Waals surface area contributed by atoms with Gasteiger partial charge >= 0.3 is 0 Å². The van der Waals surface area contributed by atoms with Crippen LogP contribution >= 0.6 is 0 Å². The summed E-state index contributed by atoms with van der Waals surface area (Å²) in [5.74, 6) is 1.49. The van der Waals surface area contributed by atoms with Crippen molar-refractivity contribution in [3.8, 4) is 0 Å². The summed E-state index contributed by atoms with van der Waals surface area (Å²) < 4.78 is 0. The summed E-state index contributed by atoms with van der Waals surface area (Å²) in [6, 6.07) is 9.06.